The number of alkyl halides is 2. The topological polar surface area (TPSA) is 86.0 Å². The SMILES string of the molecule is CCCC(F)(F)COc1ccc(-c2cnc(NN)cn2)cn1. The summed E-state index contributed by atoms with van der Waals surface area (Å²) >= 11 is 0. The molecule has 8 heteroatoms. The van der Waals surface area contributed by atoms with E-state index in [2.05, 4.69) is 20.4 Å². The van der Waals surface area contributed by atoms with Crippen LogP contribution in [0, 0.1) is 0 Å². The van der Waals surface area contributed by atoms with Gasteiger partial charge in [0.1, 0.15) is 0 Å². The summed E-state index contributed by atoms with van der Waals surface area (Å²) in [6.45, 7) is 1.03. The third kappa shape index (κ3) is 4.32. The molecule has 2 aromatic rings. The smallest absolute Gasteiger partial charge is 0.281 e. The van der Waals surface area contributed by atoms with Crippen molar-refractivity contribution < 1.29 is 13.5 Å². The molecular formula is C14H17F2N5O. The van der Waals surface area contributed by atoms with Gasteiger partial charge in [0, 0.05) is 24.2 Å². The molecule has 0 saturated heterocycles. The van der Waals surface area contributed by atoms with Gasteiger partial charge in [-0.3, -0.25) is 4.98 Å². The average Bonchev–Trinajstić information content (AvgIpc) is 2.54. The third-order valence-corrected chi connectivity index (χ3v) is 2.88. The molecule has 118 valence electrons. The van der Waals surface area contributed by atoms with Gasteiger partial charge in [0.15, 0.2) is 12.4 Å². The number of hydrogen-bond donors (Lipinski definition) is 2. The van der Waals surface area contributed by atoms with E-state index in [-0.39, 0.29) is 12.3 Å². The minimum Gasteiger partial charge on any atom is -0.471 e. The van der Waals surface area contributed by atoms with Crippen molar-refractivity contribution in [3.8, 4) is 17.1 Å². The molecule has 0 amide bonds. The summed E-state index contributed by atoms with van der Waals surface area (Å²) in [5.41, 5.74) is 3.67. The lowest BCUT2D eigenvalue weighted by Crippen LogP contribution is -2.25. The van der Waals surface area contributed by atoms with Crippen molar-refractivity contribution in [1.29, 1.82) is 0 Å². The number of halogens is 2. The lowest BCUT2D eigenvalue weighted by atomic mass is 10.2. The van der Waals surface area contributed by atoms with E-state index < -0.39 is 12.5 Å². The summed E-state index contributed by atoms with van der Waals surface area (Å²) in [5.74, 6) is 2.95. The molecule has 0 radical (unpaired) electrons. The summed E-state index contributed by atoms with van der Waals surface area (Å²) in [4.78, 5) is 12.2. The first-order chi connectivity index (χ1) is 10.5. The van der Waals surface area contributed by atoms with E-state index in [9.17, 15) is 8.78 Å². The van der Waals surface area contributed by atoms with Crippen molar-refractivity contribution in [3.63, 3.8) is 0 Å². The lowest BCUT2D eigenvalue weighted by Gasteiger charge is -2.15. The molecule has 6 nitrogen and oxygen atoms in total. The van der Waals surface area contributed by atoms with Crippen LogP contribution in [0.3, 0.4) is 0 Å². The summed E-state index contributed by atoms with van der Waals surface area (Å²) in [7, 11) is 0. The van der Waals surface area contributed by atoms with Crippen LogP contribution in [0.25, 0.3) is 11.3 Å². The van der Waals surface area contributed by atoms with Crippen LogP contribution in [0.2, 0.25) is 0 Å². The monoisotopic (exact) mass is 309 g/mol. The fraction of sp³-hybridized carbons (Fsp3) is 0.357. The largest absolute Gasteiger partial charge is 0.471 e. The van der Waals surface area contributed by atoms with Crippen LogP contribution in [0.1, 0.15) is 19.8 Å². The van der Waals surface area contributed by atoms with E-state index in [1.807, 2.05) is 0 Å². The second kappa shape index (κ2) is 7.08. The summed E-state index contributed by atoms with van der Waals surface area (Å²) in [5, 5.41) is 0. The molecule has 0 bridgehead atoms. The predicted octanol–water partition coefficient (Wildman–Crippen LogP) is 2.64. The van der Waals surface area contributed by atoms with Gasteiger partial charge in [-0.1, -0.05) is 13.3 Å². The van der Waals surface area contributed by atoms with E-state index in [0.29, 0.717) is 23.5 Å². The van der Waals surface area contributed by atoms with Gasteiger partial charge in [-0.2, -0.15) is 0 Å². The molecule has 2 aromatic heterocycles. The molecule has 0 unspecified atom stereocenters. The quantitative estimate of drug-likeness (QED) is 0.604. The van der Waals surface area contributed by atoms with Gasteiger partial charge < -0.3 is 10.2 Å². The molecule has 0 atom stereocenters. The Kier molecular flexibility index (Phi) is 5.16. The number of aromatic nitrogens is 3. The normalized spacial score (nSPS) is 11.3. The van der Waals surface area contributed by atoms with Crippen LogP contribution in [0.5, 0.6) is 5.88 Å². The second-order valence-corrected chi connectivity index (χ2v) is 4.71. The number of nitrogens with one attached hydrogen (secondary N) is 1. The highest BCUT2D eigenvalue weighted by molar-refractivity contribution is 5.57. The first-order valence-electron chi connectivity index (χ1n) is 6.80. The van der Waals surface area contributed by atoms with Gasteiger partial charge in [-0.25, -0.2) is 24.6 Å². The Morgan fingerprint density at radius 1 is 1.18 bits per heavy atom. The first-order valence-corrected chi connectivity index (χ1v) is 6.80. The summed E-state index contributed by atoms with van der Waals surface area (Å²) < 4.78 is 31.7. The maximum atomic E-state index is 13.3. The number of ether oxygens (including phenoxy) is 1. The van der Waals surface area contributed by atoms with Gasteiger partial charge in [0.2, 0.25) is 5.88 Å². The van der Waals surface area contributed by atoms with Crippen LogP contribution in [0.4, 0.5) is 14.6 Å². The van der Waals surface area contributed by atoms with Crippen molar-refractivity contribution in [3.05, 3.63) is 30.7 Å². The second-order valence-electron chi connectivity index (χ2n) is 4.71. The number of nitrogens with zero attached hydrogens (tertiary/aromatic N) is 3. The van der Waals surface area contributed by atoms with Crippen LogP contribution in [-0.4, -0.2) is 27.5 Å². The Morgan fingerprint density at radius 3 is 2.55 bits per heavy atom. The molecule has 0 aliphatic heterocycles. The minimum atomic E-state index is -2.84. The molecule has 0 spiro atoms. The maximum absolute atomic E-state index is 13.3. The molecule has 0 saturated carbocycles. The van der Waals surface area contributed by atoms with Crippen LogP contribution >= 0.6 is 0 Å². The maximum Gasteiger partial charge on any atom is 0.281 e. The zero-order valence-electron chi connectivity index (χ0n) is 12.1. The highest BCUT2D eigenvalue weighted by Gasteiger charge is 2.28. The lowest BCUT2D eigenvalue weighted by molar-refractivity contribution is -0.0491. The number of hydrazine groups is 1. The van der Waals surface area contributed by atoms with Crippen molar-refractivity contribution in [1.82, 2.24) is 15.0 Å². The number of nitrogen functional groups attached to an aromatic ring is 1. The number of rotatable bonds is 7. The van der Waals surface area contributed by atoms with E-state index in [0.717, 1.165) is 0 Å². The highest BCUT2D eigenvalue weighted by atomic mass is 19.3. The number of pyridine rings is 1. The molecule has 0 aromatic carbocycles. The van der Waals surface area contributed by atoms with Crippen molar-refractivity contribution in [2.24, 2.45) is 5.84 Å². The van der Waals surface area contributed by atoms with E-state index >= 15 is 0 Å². The Hall–Kier alpha value is -2.35. The molecule has 0 aliphatic rings. The number of nitrogens with two attached hydrogens (primary N) is 1. The van der Waals surface area contributed by atoms with Gasteiger partial charge in [0.05, 0.1) is 18.1 Å². The molecule has 22 heavy (non-hydrogen) atoms. The average molecular weight is 309 g/mol. The number of anilines is 1. The molecular weight excluding hydrogens is 292 g/mol. The minimum absolute atomic E-state index is 0.146. The van der Waals surface area contributed by atoms with Crippen molar-refractivity contribution >= 4 is 5.82 Å². The molecule has 0 fully saturated rings. The van der Waals surface area contributed by atoms with Gasteiger partial charge in [-0.05, 0) is 6.07 Å². The zero-order valence-corrected chi connectivity index (χ0v) is 12.1. The molecule has 2 rings (SSSR count). The van der Waals surface area contributed by atoms with Crippen LogP contribution in [-0.2, 0) is 0 Å². The molecule has 3 N–H and O–H groups in total. The van der Waals surface area contributed by atoms with E-state index in [1.54, 1.807) is 13.0 Å². The predicted molar refractivity (Wildman–Crippen MR) is 78.4 cm³/mol. The van der Waals surface area contributed by atoms with E-state index in [4.69, 9.17) is 10.6 Å². The number of hydrogen-bond acceptors (Lipinski definition) is 6. The Balaban J connectivity index is 2.00. The fourth-order valence-corrected chi connectivity index (χ4v) is 1.79. The summed E-state index contributed by atoms with van der Waals surface area (Å²) in [6.07, 6.45) is 4.69. The van der Waals surface area contributed by atoms with Gasteiger partial charge >= 0.3 is 0 Å². The third-order valence-electron chi connectivity index (χ3n) is 2.88. The fourth-order valence-electron chi connectivity index (χ4n) is 1.79. The standard InChI is InChI=1S/C14H17F2N5O/c1-2-5-14(15,16)9-22-13-4-3-10(6-20-13)11-7-19-12(21-17)8-18-11/h3-4,6-8H,2,5,9,17H2,1H3,(H,19,21). The zero-order chi connectivity index (χ0) is 16.0. The first kappa shape index (κ1) is 16.0. The highest BCUT2D eigenvalue weighted by Crippen LogP contribution is 2.22. The van der Waals surface area contributed by atoms with Crippen LogP contribution < -0.4 is 16.0 Å². The van der Waals surface area contributed by atoms with E-state index in [1.165, 1.54) is 24.7 Å². The Morgan fingerprint density at radius 2 is 2.00 bits per heavy atom. The van der Waals surface area contributed by atoms with Gasteiger partial charge in [0.25, 0.3) is 5.92 Å². The molecule has 0 aliphatic carbocycles. The Bertz CT molecular complexity index is 589. The van der Waals surface area contributed by atoms with Crippen molar-refractivity contribution in [2.75, 3.05) is 12.0 Å². The Labute approximate surface area is 126 Å². The van der Waals surface area contributed by atoms with Gasteiger partial charge in [-0.15, -0.1) is 0 Å². The summed E-state index contributed by atoms with van der Waals surface area (Å²) in [6, 6.07) is 3.20. The van der Waals surface area contributed by atoms with Crippen molar-refractivity contribution in [2.45, 2.75) is 25.7 Å². The van der Waals surface area contributed by atoms with Crippen LogP contribution in [0.15, 0.2) is 30.7 Å². The molecule has 2 heterocycles.